The van der Waals surface area contributed by atoms with Gasteiger partial charge in [0.2, 0.25) is 0 Å². The van der Waals surface area contributed by atoms with Gasteiger partial charge < -0.3 is 0 Å². The first-order valence-corrected chi connectivity index (χ1v) is 8.38. The summed E-state index contributed by atoms with van der Waals surface area (Å²) >= 11 is 1.69. The van der Waals surface area contributed by atoms with Gasteiger partial charge in [-0.15, -0.1) is 11.3 Å². The lowest BCUT2D eigenvalue weighted by molar-refractivity contribution is 0.167. The number of aromatic nitrogens is 3. The van der Waals surface area contributed by atoms with Gasteiger partial charge in [-0.3, -0.25) is 5.10 Å². The number of thiophene rings is 1. The maximum atomic E-state index is 4.71. The molecule has 1 fully saturated rings. The first kappa shape index (κ1) is 13.8. The number of hydrogen-bond acceptors (Lipinski definition) is 3. The lowest BCUT2D eigenvalue weighted by atomic mass is 9.70. The molecule has 0 atom stereocenters. The molecule has 0 radical (unpaired) electrons. The lowest BCUT2D eigenvalue weighted by Gasteiger charge is -2.36. The Morgan fingerprint density at radius 1 is 1.20 bits per heavy atom. The maximum absolute atomic E-state index is 4.71. The normalized spacial score (nSPS) is 23.9. The molecule has 4 heteroatoms. The molecule has 108 valence electrons. The molecule has 0 bridgehead atoms. The summed E-state index contributed by atoms with van der Waals surface area (Å²) in [5.74, 6) is 3.35. The molecule has 1 N–H and O–H groups in total. The van der Waals surface area contributed by atoms with Crippen LogP contribution in [0.1, 0.15) is 58.2 Å². The zero-order valence-corrected chi connectivity index (χ0v) is 13.3. The van der Waals surface area contributed by atoms with Crippen molar-refractivity contribution in [2.75, 3.05) is 0 Å². The quantitative estimate of drug-likeness (QED) is 0.858. The van der Waals surface area contributed by atoms with Crippen molar-refractivity contribution in [1.29, 1.82) is 0 Å². The number of nitrogens with zero attached hydrogens (tertiary/aromatic N) is 2. The van der Waals surface area contributed by atoms with E-state index in [1.165, 1.54) is 25.7 Å². The fourth-order valence-corrected chi connectivity index (χ4v) is 3.86. The van der Waals surface area contributed by atoms with E-state index in [-0.39, 0.29) is 0 Å². The third kappa shape index (κ3) is 2.80. The Labute approximate surface area is 124 Å². The van der Waals surface area contributed by atoms with Crippen molar-refractivity contribution in [2.45, 2.75) is 52.4 Å². The molecular weight excluding hydrogens is 266 g/mol. The van der Waals surface area contributed by atoms with Gasteiger partial charge in [-0.05, 0) is 48.5 Å². The van der Waals surface area contributed by atoms with Gasteiger partial charge in [-0.25, -0.2) is 4.98 Å². The molecule has 3 rings (SSSR count). The third-order valence-corrected chi connectivity index (χ3v) is 5.45. The van der Waals surface area contributed by atoms with Gasteiger partial charge in [0.1, 0.15) is 5.82 Å². The molecule has 0 amide bonds. The van der Waals surface area contributed by atoms with Gasteiger partial charge in [0, 0.05) is 5.92 Å². The molecule has 1 aliphatic carbocycles. The van der Waals surface area contributed by atoms with Gasteiger partial charge in [0.15, 0.2) is 5.82 Å². The highest BCUT2D eigenvalue weighted by Gasteiger charge is 2.31. The Kier molecular flexibility index (Phi) is 3.67. The lowest BCUT2D eigenvalue weighted by Crippen LogP contribution is -2.25. The summed E-state index contributed by atoms with van der Waals surface area (Å²) in [6, 6.07) is 4.12. The van der Waals surface area contributed by atoms with E-state index in [0.29, 0.717) is 11.3 Å². The van der Waals surface area contributed by atoms with Crippen molar-refractivity contribution in [2.24, 2.45) is 11.3 Å². The van der Waals surface area contributed by atoms with Crippen molar-refractivity contribution >= 4 is 11.3 Å². The van der Waals surface area contributed by atoms with E-state index in [2.05, 4.69) is 42.4 Å². The first-order valence-electron chi connectivity index (χ1n) is 7.50. The SMILES string of the molecule is CC(C)(C)C1CCC(c2nc(-c3cccs3)n[nH]2)CC1. The van der Waals surface area contributed by atoms with E-state index in [1.54, 1.807) is 11.3 Å². The van der Waals surface area contributed by atoms with Crippen LogP contribution in [0.5, 0.6) is 0 Å². The average molecular weight is 289 g/mol. The highest BCUT2D eigenvalue weighted by Crippen LogP contribution is 2.42. The monoisotopic (exact) mass is 289 g/mol. The summed E-state index contributed by atoms with van der Waals surface area (Å²) in [5, 5.41) is 9.61. The van der Waals surface area contributed by atoms with Crippen LogP contribution in [0.25, 0.3) is 10.7 Å². The number of aromatic amines is 1. The molecule has 2 aromatic rings. The van der Waals surface area contributed by atoms with Gasteiger partial charge in [-0.1, -0.05) is 26.8 Å². The molecule has 0 saturated heterocycles. The van der Waals surface area contributed by atoms with Gasteiger partial charge in [-0.2, -0.15) is 5.10 Å². The van der Waals surface area contributed by atoms with Crippen molar-refractivity contribution < 1.29 is 0 Å². The van der Waals surface area contributed by atoms with Crippen LogP contribution in [0, 0.1) is 11.3 Å². The number of nitrogens with one attached hydrogen (secondary N) is 1. The van der Waals surface area contributed by atoms with Crippen LogP contribution in [0.3, 0.4) is 0 Å². The third-order valence-electron chi connectivity index (χ3n) is 4.58. The second-order valence-corrected chi connectivity index (χ2v) is 7.88. The van der Waals surface area contributed by atoms with Gasteiger partial charge in [0.05, 0.1) is 4.88 Å². The van der Waals surface area contributed by atoms with E-state index in [0.717, 1.165) is 22.4 Å². The highest BCUT2D eigenvalue weighted by atomic mass is 32.1. The average Bonchev–Trinajstić information content (AvgIpc) is 3.09. The predicted molar refractivity (Wildman–Crippen MR) is 83.8 cm³/mol. The zero-order valence-electron chi connectivity index (χ0n) is 12.5. The molecule has 3 nitrogen and oxygen atoms in total. The van der Waals surface area contributed by atoms with E-state index in [1.807, 2.05) is 6.07 Å². The molecular formula is C16H23N3S. The zero-order chi connectivity index (χ0) is 14.2. The highest BCUT2D eigenvalue weighted by molar-refractivity contribution is 7.13. The Morgan fingerprint density at radius 3 is 2.55 bits per heavy atom. The van der Waals surface area contributed by atoms with E-state index in [4.69, 9.17) is 4.98 Å². The summed E-state index contributed by atoms with van der Waals surface area (Å²) in [6.45, 7) is 7.09. The van der Waals surface area contributed by atoms with Crippen LogP contribution < -0.4 is 0 Å². The predicted octanol–water partition coefficient (Wildman–Crippen LogP) is 4.85. The molecule has 0 unspecified atom stereocenters. The molecule has 0 aliphatic heterocycles. The molecule has 1 aliphatic rings. The summed E-state index contributed by atoms with van der Waals surface area (Å²) in [4.78, 5) is 5.86. The molecule has 2 aromatic heterocycles. The summed E-state index contributed by atoms with van der Waals surface area (Å²) in [6.07, 6.45) is 5.09. The van der Waals surface area contributed by atoms with Crippen molar-refractivity contribution in [3.63, 3.8) is 0 Å². The molecule has 0 aromatic carbocycles. The van der Waals surface area contributed by atoms with Crippen LogP contribution in [0.4, 0.5) is 0 Å². The second kappa shape index (κ2) is 5.32. The van der Waals surface area contributed by atoms with Crippen LogP contribution in [0.2, 0.25) is 0 Å². The van der Waals surface area contributed by atoms with Crippen molar-refractivity contribution in [1.82, 2.24) is 15.2 Å². The first-order chi connectivity index (χ1) is 9.54. The standard InChI is InChI=1S/C16H23N3S/c1-16(2,3)12-8-6-11(7-9-12)14-17-15(19-18-14)13-5-4-10-20-13/h4-5,10-12H,6-9H2,1-3H3,(H,17,18,19). The topological polar surface area (TPSA) is 41.6 Å². The fourth-order valence-electron chi connectivity index (χ4n) is 3.21. The van der Waals surface area contributed by atoms with E-state index in [9.17, 15) is 0 Å². The number of rotatable bonds is 2. The summed E-state index contributed by atoms with van der Waals surface area (Å²) in [7, 11) is 0. The molecule has 1 saturated carbocycles. The fraction of sp³-hybridized carbons (Fsp3) is 0.625. The minimum Gasteiger partial charge on any atom is -0.262 e. The Bertz CT molecular complexity index is 543. The minimum atomic E-state index is 0.439. The van der Waals surface area contributed by atoms with Gasteiger partial charge >= 0.3 is 0 Å². The number of H-pyrrole nitrogens is 1. The smallest absolute Gasteiger partial charge is 0.191 e. The van der Waals surface area contributed by atoms with Crippen LogP contribution in [-0.4, -0.2) is 15.2 Å². The van der Waals surface area contributed by atoms with Crippen LogP contribution in [-0.2, 0) is 0 Å². The second-order valence-electron chi connectivity index (χ2n) is 6.94. The van der Waals surface area contributed by atoms with Gasteiger partial charge in [0.25, 0.3) is 0 Å². The summed E-state index contributed by atoms with van der Waals surface area (Å²) < 4.78 is 0. The Hall–Kier alpha value is -1.16. The molecule has 20 heavy (non-hydrogen) atoms. The summed E-state index contributed by atoms with van der Waals surface area (Å²) in [5.41, 5.74) is 0.439. The maximum Gasteiger partial charge on any atom is 0.191 e. The van der Waals surface area contributed by atoms with Crippen LogP contribution >= 0.6 is 11.3 Å². The van der Waals surface area contributed by atoms with Crippen LogP contribution in [0.15, 0.2) is 17.5 Å². The Balaban J connectivity index is 1.67. The molecule has 2 heterocycles. The number of hydrogen-bond donors (Lipinski definition) is 1. The molecule has 0 spiro atoms. The van der Waals surface area contributed by atoms with E-state index < -0.39 is 0 Å². The Morgan fingerprint density at radius 2 is 1.95 bits per heavy atom. The van der Waals surface area contributed by atoms with Crippen molar-refractivity contribution in [3.05, 3.63) is 23.3 Å². The van der Waals surface area contributed by atoms with E-state index >= 15 is 0 Å². The minimum absolute atomic E-state index is 0.439. The largest absolute Gasteiger partial charge is 0.262 e. The van der Waals surface area contributed by atoms with Crippen molar-refractivity contribution in [3.8, 4) is 10.7 Å².